The van der Waals surface area contributed by atoms with Gasteiger partial charge in [0.05, 0.1) is 111 Å². The van der Waals surface area contributed by atoms with Crippen LogP contribution in [0.2, 0.25) is 20.2 Å². The van der Waals surface area contributed by atoms with E-state index in [2.05, 4.69) is 68.9 Å². The molecule has 6 saturated carbocycles. The van der Waals surface area contributed by atoms with Gasteiger partial charge in [0.1, 0.15) is 70.0 Å². The van der Waals surface area contributed by atoms with Crippen molar-refractivity contribution in [3.63, 3.8) is 0 Å². The monoisotopic (exact) mass is 1900 g/mol. The lowest BCUT2D eigenvalue weighted by Crippen LogP contribution is -2.59. The smallest absolute Gasteiger partial charge is 0.412 e. The first kappa shape index (κ1) is 93.0. The summed E-state index contributed by atoms with van der Waals surface area (Å²) in [6.45, 7) is 30.6. The number of fused-ring (bicyclic) bond motifs is 3. The first-order chi connectivity index (χ1) is 63.6. The number of ether oxygens (including phenoxy) is 3. The average molecular weight is 1910 g/mol. The number of hydrogen-bond acceptors (Lipinski definition) is 25. The summed E-state index contributed by atoms with van der Waals surface area (Å²) in [5.74, 6) is 1.93. The molecule has 3 N–H and O–H groups in total. The maximum absolute atomic E-state index is 16.0. The van der Waals surface area contributed by atoms with E-state index < -0.39 is 57.7 Å². The molecule has 704 valence electrons. The SMILES string of the molecule is C[C@@H]1CN(c2nc(=O)n(-c3c(C4CC4)ncnc3C3CC3)c3nc(-c4c(F)cccc4NC(=O)OC(C)(C)C)c(Cl)cc23)[C@@H](C)CN1C(=O)OC(C)(C)C.C[C@@H]1CN(c2nc(=O)n(-c3c(C4CC4)ncnc3C3CC3)c3nc(Cl)c(Cl)cc23)[C@@H](C)CN1C(=O)OC(C)(C)C.C[C@H]1CC[C@H](C)N(c2nc(=O)n(-c3c(C4CC4)ncnc3C3CC3)c3nc(-c4c(N)cccc4F)c(Cl)cc23)C1. The van der Waals surface area contributed by atoms with Gasteiger partial charge in [-0.1, -0.05) is 65.5 Å². The van der Waals surface area contributed by atoms with Crippen LogP contribution in [0.4, 0.5) is 52.0 Å². The van der Waals surface area contributed by atoms with E-state index in [0.29, 0.717) is 94.1 Å². The molecule has 6 aliphatic carbocycles. The van der Waals surface area contributed by atoms with Gasteiger partial charge in [0.2, 0.25) is 0 Å². The molecule has 3 aliphatic heterocycles. The highest BCUT2D eigenvalue weighted by atomic mass is 35.5. The van der Waals surface area contributed by atoms with E-state index in [-0.39, 0.29) is 132 Å². The summed E-state index contributed by atoms with van der Waals surface area (Å²) in [6, 6.07) is 13.1. The molecule has 0 radical (unpaired) electrons. The Bertz CT molecular complexity index is 6630. The lowest BCUT2D eigenvalue weighted by Gasteiger charge is -2.44. The number of rotatable bonds is 15. The maximum atomic E-state index is 16.0. The van der Waals surface area contributed by atoms with Crippen molar-refractivity contribution >= 4 is 127 Å². The third-order valence-electron chi connectivity index (χ3n) is 25.8. The van der Waals surface area contributed by atoms with Crippen LogP contribution in [-0.4, -0.2) is 181 Å². The van der Waals surface area contributed by atoms with Gasteiger partial charge < -0.3 is 44.4 Å². The van der Waals surface area contributed by atoms with Crippen LogP contribution in [0.15, 0.2) is 88.0 Å². The van der Waals surface area contributed by atoms with Crippen LogP contribution in [0, 0.1) is 17.6 Å². The number of amides is 3. The van der Waals surface area contributed by atoms with Crippen molar-refractivity contribution in [1.82, 2.24) is 83.3 Å². The Labute approximate surface area is 793 Å². The Balaban J connectivity index is 0.000000137. The number of aromatic nitrogens is 15. The van der Waals surface area contributed by atoms with Gasteiger partial charge in [-0.2, -0.15) is 15.0 Å². The summed E-state index contributed by atoms with van der Waals surface area (Å²) in [5, 5.41) is 5.01. The molecule has 9 aromatic heterocycles. The number of benzene rings is 2. The molecular formula is C97H110Cl4F2N22O9. The fourth-order valence-electron chi connectivity index (χ4n) is 18.4. The molecule has 134 heavy (non-hydrogen) atoms. The van der Waals surface area contributed by atoms with Crippen molar-refractivity contribution in [3.8, 4) is 39.6 Å². The van der Waals surface area contributed by atoms with E-state index in [1.54, 1.807) is 84.5 Å². The lowest BCUT2D eigenvalue weighted by molar-refractivity contribution is 0.0119. The second kappa shape index (κ2) is 36.0. The number of piperidine rings is 1. The highest BCUT2D eigenvalue weighted by molar-refractivity contribution is 6.42. The Kier molecular flexibility index (Phi) is 25.0. The lowest BCUT2D eigenvalue weighted by atomic mass is 9.95. The van der Waals surface area contributed by atoms with Crippen LogP contribution in [0.3, 0.4) is 0 Å². The molecule has 3 saturated heterocycles. The van der Waals surface area contributed by atoms with Crippen molar-refractivity contribution in [2.45, 2.75) is 276 Å². The molecule has 0 spiro atoms. The number of nitrogens with one attached hydrogen (secondary N) is 1. The molecule has 9 fully saturated rings. The second-order valence-corrected chi connectivity index (χ2v) is 42.0. The first-order valence-corrected chi connectivity index (χ1v) is 47.9. The van der Waals surface area contributed by atoms with Gasteiger partial charge in [0.15, 0.2) is 16.9 Å². The zero-order valence-electron chi connectivity index (χ0n) is 77.8. The van der Waals surface area contributed by atoms with E-state index in [0.717, 1.165) is 131 Å². The minimum absolute atomic E-state index is 0.00702. The third-order valence-corrected chi connectivity index (χ3v) is 27.0. The number of anilines is 5. The van der Waals surface area contributed by atoms with Crippen molar-refractivity contribution in [3.05, 3.63) is 171 Å². The Morgan fingerprint density at radius 3 is 1.10 bits per heavy atom. The summed E-state index contributed by atoms with van der Waals surface area (Å²) < 4.78 is 52.5. The summed E-state index contributed by atoms with van der Waals surface area (Å²) in [4.78, 5) is 148. The Morgan fingerprint density at radius 1 is 0.403 bits per heavy atom. The normalized spacial score (nSPS) is 20.6. The number of hydrogen-bond donors (Lipinski definition) is 2. The largest absolute Gasteiger partial charge is 0.444 e. The van der Waals surface area contributed by atoms with Gasteiger partial charge >= 0.3 is 35.3 Å². The minimum Gasteiger partial charge on any atom is -0.444 e. The maximum Gasteiger partial charge on any atom is 0.412 e. The molecule has 6 atom stereocenters. The van der Waals surface area contributed by atoms with E-state index >= 15 is 8.78 Å². The average Bonchev–Trinajstić information content (AvgIpc) is 1.64. The molecule has 31 nitrogen and oxygen atoms in total. The number of carbonyl (C=O) groups excluding carboxylic acids is 3. The molecule has 9 aliphatic rings. The predicted octanol–water partition coefficient (Wildman–Crippen LogP) is 19.4. The molecule has 0 unspecified atom stereocenters. The Morgan fingerprint density at radius 2 is 0.739 bits per heavy atom. The summed E-state index contributed by atoms with van der Waals surface area (Å²) in [6.07, 6.45) is 17.1. The van der Waals surface area contributed by atoms with Gasteiger partial charge in [-0.15, -0.1) is 0 Å². The number of nitrogen functional groups attached to an aromatic ring is 1. The molecule has 20 rings (SSSR count). The number of halogens is 6. The van der Waals surface area contributed by atoms with Crippen molar-refractivity contribution in [1.29, 1.82) is 0 Å². The molecular weight excluding hydrogens is 1800 g/mol. The number of carbonyl (C=O) groups is 3. The van der Waals surface area contributed by atoms with E-state index in [1.165, 1.54) is 33.4 Å². The number of nitrogens with zero attached hydrogens (tertiary/aromatic N) is 20. The molecule has 37 heteroatoms. The van der Waals surface area contributed by atoms with Gasteiger partial charge in [-0.3, -0.25) is 5.32 Å². The third kappa shape index (κ3) is 19.1. The number of nitrogens with two attached hydrogens (primary N) is 1. The zero-order chi connectivity index (χ0) is 95.1. The minimum atomic E-state index is -0.806. The molecule has 12 heterocycles. The van der Waals surface area contributed by atoms with Crippen LogP contribution in [0.5, 0.6) is 0 Å². The van der Waals surface area contributed by atoms with Crippen LogP contribution in [0.25, 0.3) is 72.7 Å². The summed E-state index contributed by atoms with van der Waals surface area (Å²) >= 11 is 26.8. The van der Waals surface area contributed by atoms with Gasteiger partial charge in [-0.25, -0.2) is 96.1 Å². The highest BCUT2D eigenvalue weighted by Crippen LogP contribution is 2.53. The van der Waals surface area contributed by atoms with Crippen LogP contribution >= 0.6 is 46.4 Å². The molecule has 3 amide bonds. The Hall–Kier alpha value is -11.4. The fourth-order valence-corrected chi connectivity index (χ4v) is 19.2. The quantitative estimate of drug-likeness (QED) is 0.0547. The second-order valence-electron chi connectivity index (χ2n) is 40.4. The van der Waals surface area contributed by atoms with Gasteiger partial charge in [0, 0.05) is 104 Å². The van der Waals surface area contributed by atoms with E-state index in [1.807, 2.05) is 79.0 Å². The van der Waals surface area contributed by atoms with E-state index in [4.69, 9.17) is 81.3 Å². The predicted molar refractivity (Wildman–Crippen MR) is 513 cm³/mol. The number of piperazine rings is 2. The fraction of sp³-hybridized carbons (Fsp3) is 0.505. The molecule has 11 aromatic rings. The van der Waals surface area contributed by atoms with Crippen molar-refractivity contribution in [2.24, 2.45) is 5.92 Å². The summed E-state index contributed by atoms with van der Waals surface area (Å²) in [7, 11) is 0. The van der Waals surface area contributed by atoms with Crippen LogP contribution < -0.4 is 42.8 Å². The topological polar surface area (TPSA) is 354 Å². The molecule has 2 aromatic carbocycles. The van der Waals surface area contributed by atoms with Crippen LogP contribution in [-0.2, 0) is 14.2 Å². The standard InChI is InChI=1S/C39H46ClFN8O5.C30H31ClFN7O.C28H33Cl2N7O3/c1-20-18-48(37(52)54-39(6,7)8)21(2)17-47(20)33-24-16-25(40)31(28-26(41)10-9-11-27(28)44-36(51)53-38(3,4)5)45-34(24)49(35(50)46-33)32-29(22-12-13-22)42-19-43-30(32)23-14-15-23;1-15-6-7-16(2)38(13-15)28-19-12-20(31)26(23-21(32)4-3-5-22(23)33)36-29(19)39(30(40)37-28)27-24(17-8-9-17)34-14-35-25(27)18-10-11-18;1-14-12-36(27(39)40-28(3,4)5)15(2)11-35(14)24-18-10-19(29)23(30)33-25(18)37(26(38)34-24)22-20(16-6-7-16)31-13-32-21(22)17-8-9-17/h9-11,16,19-23H,12-15,17-18H2,1-8H3,(H,44,51);3-5,12,14-18H,6-11,13,33H2,1-2H3;10,13-17H,6-9,11-12H2,1-5H3/t20-,21+;15-,16-;14-,15+/m000/s1. The highest BCUT2D eigenvalue weighted by Gasteiger charge is 2.45. The van der Waals surface area contributed by atoms with Crippen LogP contribution in [0.1, 0.15) is 263 Å². The number of pyridine rings is 3. The van der Waals surface area contributed by atoms with Crippen molar-refractivity contribution in [2.75, 3.05) is 58.5 Å². The molecule has 0 bridgehead atoms. The van der Waals surface area contributed by atoms with Crippen molar-refractivity contribution < 1.29 is 37.4 Å². The zero-order valence-corrected chi connectivity index (χ0v) is 80.8. The summed E-state index contributed by atoms with van der Waals surface area (Å²) in [5.41, 5.74) is 10.9. The van der Waals surface area contributed by atoms with Gasteiger partial charge in [0.25, 0.3) is 0 Å². The van der Waals surface area contributed by atoms with Gasteiger partial charge in [-0.05, 0) is 235 Å². The van der Waals surface area contributed by atoms with E-state index in [9.17, 15) is 28.8 Å². The first-order valence-electron chi connectivity index (χ1n) is 46.4.